The van der Waals surface area contributed by atoms with E-state index < -0.39 is 17.6 Å². The molecular weight excluding hydrogens is 358 g/mol. The van der Waals surface area contributed by atoms with E-state index in [4.69, 9.17) is 9.90 Å². The van der Waals surface area contributed by atoms with Gasteiger partial charge in [0, 0.05) is 26.6 Å². The fraction of sp³-hybridized carbons (Fsp3) is 0.438. The van der Waals surface area contributed by atoms with Crippen LogP contribution in [0.3, 0.4) is 0 Å². The number of piperidine rings is 1. The molecule has 0 aliphatic carbocycles. The number of halogens is 4. The number of amides is 1. The first-order valence-corrected chi connectivity index (χ1v) is 7.67. The smallest absolute Gasteiger partial charge is 0.475 e. The number of fused-ring (bicyclic) bond motifs is 1. The highest BCUT2D eigenvalue weighted by Gasteiger charge is 2.50. The molecule has 6 nitrogen and oxygen atoms in total. The summed E-state index contributed by atoms with van der Waals surface area (Å²) < 4.78 is 44.7. The van der Waals surface area contributed by atoms with Gasteiger partial charge in [-0.05, 0) is 24.1 Å². The van der Waals surface area contributed by atoms with Gasteiger partial charge in [0.25, 0.3) is 5.91 Å². The number of rotatable bonds is 2. The number of carbonyl (C=O) groups excluding carboxylic acids is 1. The highest BCUT2D eigenvalue weighted by atomic mass is 19.4. The minimum absolute atomic E-state index is 0.0269. The van der Waals surface area contributed by atoms with Crippen molar-refractivity contribution in [1.82, 2.24) is 10.3 Å². The predicted molar refractivity (Wildman–Crippen MR) is 83.9 cm³/mol. The SMILES string of the molecule is CN1N=C2CCNCC2(Cc2ccc(F)cc2)C1=O.O=C(O)C(F)(F)F. The summed E-state index contributed by atoms with van der Waals surface area (Å²) in [4.78, 5) is 21.3. The summed E-state index contributed by atoms with van der Waals surface area (Å²) in [5, 5.41) is 16.2. The van der Waals surface area contributed by atoms with Crippen LogP contribution in [0.2, 0.25) is 0 Å². The number of nitrogens with one attached hydrogen (secondary N) is 1. The van der Waals surface area contributed by atoms with E-state index in [2.05, 4.69) is 10.4 Å². The molecule has 1 unspecified atom stereocenters. The lowest BCUT2D eigenvalue weighted by Crippen LogP contribution is -2.52. The number of nitrogens with zero attached hydrogens (tertiary/aromatic N) is 2. The molecule has 0 saturated carbocycles. The number of aliphatic carboxylic acids is 1. The van der Waals surface area contributed by atoms with Gasteiger partial charge in [-0.3, -0.25) is 4.79 Å². The summed E-state index contributed by atoms with van der Waals surface area (Å²) in [6.07, 6.45) is -3.72. The molecular formula is C16H17F4N3O3. The lowest BCUT2D eigenvalue weighted by atomic mass is 9.74. The van der Waals surface area contributed by atoms with Crippen molar-refractivity contribution in [3.8, 4) is 0 Å². The Bertz CT molecular complexity index is 718. The third-order valence-corrected chi connectivity index (χ3v) is 4.15. The highest BCUT2D eigenvalue weighted by molar-refractivity contribution is 6.13. The second-order valence-corrected chi connectivity index (χ2v) is 5.99. The molecule has 26 heavy (non-hydrogen) atoms. The van der Waals surface area contributed by atoms with Crippen molar-refractivity contribution in [1.29, 1.82) is 0 Å². The fourth-order valence-corrected chi connectivity index (χ4v) is 2.92. The minimum atomic E-state index is -5.08. The van der Waals surface area contributed by atoms with Crippen LogP contribution < -0.4 is 5.32 Å². The molecule has 0 radical (unpaired) electrons. The van der Waals surface area contributed by atoms with Gasteiger partial charge < -0.3 is 10.4 Å². The first kappa shape index (κ1) is 19.8. The van der Waals surface area contributed by atoms with Crippen molar-refractivity contribution in [2.45, 2.75) is 19.0 Å². The second-order valence-electron chi connectivity index (χ2n) is 5.99. The van der Waals surface area contributed by atoms with Gasteiger partial charge in [-0.25, -0.2) is 14.2 Å². The Labute approximate surface area is 146 Å². The molecule has 2 aliphatic heterocycles. The van der Waals surface area contributed by atoms with Crippen molar-refractivity contribution in [3.63, 3.8) is 0 Å². The Hall–Kier alpha value is -2.49. The van der Waals surface area contributed by atoms with E-state index in [1.807, 2.05) is 0 Å². The molecule has 1 aromatic carbocycles. The number of benzene rings is 1. The average Bonchev–Trinajstić information content (AvgIpc) is 2.81. The Morgan fingerprint density at radius 3 is 2.46 bits per heavy atom. The third-order valence-electron chi connectivity index (χ3n) is 4.15. The summed E-state index contributed by atoms with van der Waals surface area (Å²) >= 11 is 0. The Kier molecular flexibility index (Phi) is 5.65. The molecule has 2 aliphatic rings. The zero-order valence-electron chi connectivity index (χ0n) is 13.8. The average molecular weight is 375 g/mol. The van der Waals surface area contributed by atoms with Crippen LogP contribution in [-0.4, -0.2) is 54.0 Å². The molecule has 1 atom stereocenters. The number of hydrazone groups is 1. The van der Waals surface area contributed by atoms with E-state index in [0.717, 1.165) is 24.2 Å². The van der Waals surface area contributed by atoms with Gasteiger partial charge in [0.05, 0.1) is 5.71 Å². The molecule has 10 heteroatoms. The van der Waals surface area contributed by atoms with Gasteiger partial charge in [0.2, 0.25) is 0 Å². The van der Waals surface area contributed by atoms with Gasteiger partial charge in [-0.1, -0.05) is 12.1 Å². The van der Waals surface area contributed by atoms with E-state index in [9.17, 15) is 22.4 Å². The van der Waals surface area contributed by atoms with Gasteiger partial charge in [0.15, 0.2) is 0 Å². The first-order chi connectivity index (χ1) is 12.1. The number of alkyl halides is 3. The van der Waals surface area contributed by atoms with Crippen LogP contribution in [-0.2, 0) is 16.0 Å². The third kappa shape index (κ3) is 4.18. The zero-order chi connectivity index (χ0) is 19.5. The summed E-state index contributed by atoms with van der Waals surface area (Å²) in [7, 11) is 1.69. The maximum atomic E-state index is 13.0. The Morgan fingerprint density at radius 1 is 1.35 bits per heavy atom. The van der Waals surface area contributed by atoms with Crippen molar-refractivity contribution >= 4 is 17.6 Å². The van der Waals surface area contributed by atoms with Crippen LogP contribution >= 0.6 is 0 Å². The van der Waals surface area contributed by atoms with E-state index >= 15 is 0 Å². The summed E-state index contributed by atoms with van der Waals surface area (Å²) in [6, 6.07) is 6.34. The molecule has 2 N–H and O–H groups in total. The minimum Gasteiger partial charge on any atom is -0.475 e. The Morgan fingerprint density at radius 2 is 1.92 bits per heavy atom. The fourth-order valence-electron chi connectivity index (χ4n) is 2.92. The van der Waals surface area contributed by atoms with Gasteiger partial charge in [-0.15, -0.1) is 0 Å². The van der Waals surface area contributed by atoms with Crippen LogP contribution in [0.25, 0.3) is 0 Å². The lowest BCUT2D eigenvalue weighted by Gasteiger charge is -2.33. The lowest BCUT2D eigenvalue weighted by molar-refractivity contribution is -0.192. The van der Waals surface area contributed by atoms with Crippen LogP contribution in [0.4, 0.5) is 17.6 Å². The molecule has 1 amide bonds. The number of carboxylic acids is 1. The van der Waals surface area contributed by atoms with E-state index in [1.165, 1.54) is 17.1 Å². The molecule has 2 heterocycles. The van der Waals surface area contributed by atoms with E-state index in [0.29, 0.717) is 13.0 Å². The van der Waals surface area contributed by atoms with Crippen LogP contribution in [0.1, 0.15) is 12.0 Å². The highest BCUT2D eigenvalue weighted by Crippen LogP contribution is 2.35. The molecule has 1 aromatic rings. The summed E-state index contributed by atoms with van der Waals surface area (Å²) in [5.74, 6) is -2.99. The summed E-state index contributed by atoms with van der Waals surface area (Å²) in [5.41, 5.74) is 1.33. The molecule has 1 fully saturated rings. The predicted octanol–water partition coefficient (Wildman–Crippen LogP) is 1.81. The van der Waals surface area contributed by atoms with Crippen molar-refractivity contribution in [2.75, 3.05) is 20.1 Å². The van der Waals surface area contributed by atoms with Gasteiger partial charge in [0.1, 0.15) is 11.2 Å². The van der Waals surface area contributed by atoms with E-state index in [1.54, 1.807) is 19.2 Å². The molecule has 0 bridgehead atoms. The van der Waals surface area contributed by atoms with Crippen molar-refractivity contribution in [3.05, 3.63) is 35.6 Å². The molecule has 0 aromatic heterocycles. The van der Waals surface area contributed by atoms with Gasteiger partial charge in [-0.2, -0.15) is 18.3 Å². The standard InChI is InChI=1S/C14H16FN3O.C2HF3O2/c1-18-13(19)14(9-16-7-6-12(14)17-18)8-10-2-4-11(15)5-3-10;3-2(4,5)1(6)7/h2-5,16H,6-9H2,1H3;(H,6,7). The first-order valence-electron chi connectivity index (χ1n) is 7.67. The van der Waals surface area contributed by atoms with Crippen LogP contribution in [0.5, 0.6) is 0 Å². The molecule has 0 spiro atoms. The second kappa shape index (κ2) is 7.40. The quantitative estimate of drug-likeness (QED) is 0.773. The van der Waals surface area contributed by atoms with Crippen LogP contribution in [0, 0.1) is 11.2 Å². The molecule has 3 rings (SSSR count). The topological polar surface area (TPSA) is 82.0 Å². The maximum Gasteiger partial charge on any atom is 0.490 e. The number of carbonyl (C=O) groups is 2. The zero-order valence-corrected chi connectivity index (χ0v) is 13.8. The van der Waals surface area contributed by atoms with E-state index in [-0.39, 0.29) is 11.7 Å². The normalized spacial score (nSPS) is 22.3. The number of hydrogen-bond donors (Lipinski definition) is 2. The monoisotopic (exact) mass is 375 g/mol. The van der Waals surface area contributed by atoms with Gasteiger partial charge >= 0.3 is 12.1 Å². The molecule has 1 saturated heterocycles. The van der Waals surface area contributed by atoms with Crippen molar-refractivity contribution in [2.24, 2.45) is 10.5 Å². The largest absolute Gasteiger partial charge is 0.490 e. The van der Waals surface area contributed by atoms with Crippen LogP contribution in [0.15, 0.2) is 29.4 Å². The number of carboxylic acid groups (broad SMARTS) is 1. The Balaban J connectivity index is 0.000000298. The summed E-state index contributed by atoms with van der Waals surface area (Å²) in [6.45, 7) is 1.46. The molecule has 142 valence electrons. The van der Waals surface area contributed by atoms with Crippen molar-refractivity contribution < 1.29 is 32.3 Å². The number of hydrogen-bond acceptors (Lipinski definition) is 4. The maximum absolute atomic E-state index is 13.0.